The van der Waals surface area contributed by atoms with Crippen molar-refractivity contribution in [1.82, 2.24) is 4.57 Å². The molecule has 0 saturated carbocycles. The van der Waals surface area contributed by atoms with E-state index in [1.807, 2.05) is 24.3 Å². The van der Waals surface area contributed by atoms with Crippen molar-refractivity contribution in [3.63, 3.8) is 0 Å². The standard InChI is InChI=1S/C17H14BrNO4/c1-11(16(20)22-10-12-6-2-3-7-13(12)18)19-14-8-4-5-9-15(14)23-17(19)21/h2-9,11H,10H2,1H3. The average molecular weight is 376 g/mol. The van der Waals surface area contributed by atoms with E-state index in [9.17, 15) is 9.59 Å². The summed E-state index contributed by atoms with van der Waals surface area (Å²) in [5.41, 5.74) is 1.88. The summed E-state index contributed by atoms with van der Waals surface area (Å²) in [6, 6.07) is 13.7. The van der Waals surface area contributed by atoms with Crippen LogP contribution in [-0.2, 0) is 16.1 Å². The van der Waals surface area contributed by atoms with E-state index >= 15 is 0 Å². The first-order valence-corrected chi connectivity index (χ1v) is 7.87. The maximum Gasteiger partial charge on any atom is 0.420 e. The Labute approximate surface area is 140 Å². The molecule has 2 aromatic carbocycles. The zero-order valence-electron chi connectivity index (χ0n) is 12.4. The molecule has 0 aliphatic rings. The van der Waals surface area contributed by atoms with Gasteiger partial charge in [0, 0.05) is 10.0 Å². The van der Waals surface area contributed by atoms with Crippen molar-refractivity contribution in [3.05, 3.63) is 69.1 Å². The van der Waals surface area contributed by atoms with Gasteiger partial charge < -0.3 is 9.15 Å². The molecule has 6 heteroatoms. The summed E-state index contributed by atoms with van der Waals surface area (Å²) >= 11 is 3.40. The number of oxazole rings is 1. The number of para-hydroxylation sites is 2. The fourth-order valence-electron chi connectivity index (χ4n) is 2.34. The molecule has 3 rings (SSSR count). The number of rotatable bonds is 4. The highest BCUT2D eigenvalue weighted by Gasteiger charge is 2.22. The average Bonchev–Trinajstić information content (AvgIpc) is 2.89. The normalized spacial score (nSPS) is 12.3. The molecule has 0 fully saturated rings. The summed E-state index contributed by atoms with van der Waals surface area (Å²) in [6.07, 6.45) is 0. The second-order valence-corrected chi connectivity index (χ2v) is 5.94. The molecule has 0 N–H and O–H groups in total. The molecule has 0 bridgehead atoms. The van der Waals surface area contributed by atoms with Gasteiger partial charge in [-0.2, -0.15) is 0 Å². The Hall–Kier alpha value is -2.34. The van der Waals surface area contributed by atoms with Gasteiger partial charge in [-0.25, -0.2) is 9.59 Å². The molecule has 0 spiro atoms. The second kappa shape index (κ2) is 6.42. The molecule has 0 amide bonds. The van der Waals surface area contributed by atoms with Crippen LogP contribution in [0, 0.1) is 0 Å². The van der Waals surface area contributed by atoms with Crippen LogP contribution in [0.3, 0.4) is 0 Å². The first-order valence-electron chi connectivity index (χ1n) is 7.08. The first-order chi connectivity index (χ1) is 11.1. The zero-order chi connectivity index (χ0) is 16.4. The van der Waals surface area contributed by atoms with Crippen molar-refractivity contribution in [2.75, 3.05) is 0 Å². The number of ether oxygens (including phenoxy) is 1. The Morgan fingerprint density at radius 3 is 2.70 bits per heavy atom. The molecule has 23 heavy (non-hydrogen) atoms. The predicted molar refractivity (Wildman–Crippen MR) is 89.1 cm³/mol. The molecular weight excluding hydrogens is 362 g/mol. The summed E-state index contributed by atoms with van der Waals surface area (Å²) in [7, 11) is 0. The maximum atomic E-state index is 12.3. The predicted octanol–water partition coefficient (Wildman–Crippen LogP) is 3.66. The quantitative estimate of drug-likeness (QED) is 0.652. The molecule has 1 atom stereocenters. The fourth-order valence-corrected chi connectivity index (χ4v) is 2.74. The monoisotopic (exact) mass is 375 g/mol. The third-order valence-electron chi connectivity index (χ3n) is 3.57. The van der Waals surface area contributed by atoms with Crippen molar-refractivity contribution in [3.8, 4) is 0 Å². The molecule has 5 nitrogen and oxygen atoms in total. The summed E-state index contributed by atoms with van der Waals surface area (Å²) in [6.45, 7) is 1.75. The minimum Gasteiger partial charge on any atom is -0.459 e. The molecule has 0 saturated heterocycles. The van der Waals surface area contributed by atoms with Gasteiger partial charge in [-0.05, 0) is 25.1 Å². The number of fused-ring (bicyclic) bond motifs is 1. The lowest BCUT2D eigenvalue weighted by molar-refractivity contribution is -0.148. The van der Waals surface area contributed by atoms with Gasteiger partial charge in [0.05, 0.1) is 5.52 Å². The largest absolute Gasteiger partial charge is 0.459 e. The highest BCUT2D eigenvalue weighted by atomic mass is 79.9. The topological polar surface area (TPSA) is 61.4 Å². The lowest BCUT2D eigenvalue weighted by Crippen LogP contribution is -2.26. The molecule has 1 unspecified atom stereocenters. The molecule has 0 aliphatic heterocycles. The molecule has 1 aromatic heterocycles. The minimum atomic E-state index is -0.770. The number of halogens is 1. The van der Waals surface area contributed by atoms with Crippen LogP contribution in [-0.4, -0.2) is 10.5 Å². The van der Waals surface area contributed by atoms with Gasteiger partial charge in [-0.15, -0.1) is 0 Å². The van der Waals surface area contributed by atoms with E-state index in [4.69, 9.17) is 9.15 Å². The number of aromatic nitrogens is 1. The highest BCUT2D eigenvalue weighted by Crippen LogP contribution is 2.20. The van der Waals surface area contributed by atoms with Crippen molar-refractivity contribution < 1.29 is 13.9 Å². The van der Waals surface area contributed by atoms with Crippen molar-refractivity contribution in [2.45, 2.75) is 19.6 Å². The summed E-state index contributed by atoms with van der Waals surface area (Å²) in [5.74, 6) is -1.06. The molecule has 3 aromatic rings. The van der Waals surface area contributed by atoms with Crippen LogP contribution >= 0.6 is 15.9 Å². The second-order valence-electron chi connectivity index (χ2n) is 5.08. The highest BCUT2D eigenvalue weighted by molar-refractivity contribution is 9.10. The van der Waals surface area contributed by atoms with Gasteiger partial charge in [0.15, 0.2) is 5.58 Å². The van der Waals surface area contributed by atoms with E-state index in [0.717, 1.165) is 10.0 Å². The Morgan fingerprint density at radius 2 is 1.91 bits per heavy atom. The van der Waals surface area contributed by atoms with Crippen molar-refractivity contribution >= 4 is 33.0 Å². The van der Waals surface area contributed by atoms with E-state index in [1.54, 1.807) is 31.2 Å². The molecule has 0 radical (unpaired) electrons. The number of carbonyl (C=O) groups excluding carboxylic acids is 1. The number of carbonyl (C=O) groups is 1. The van der Waals surface area contributed by atoms with Gasteiger partial charge in [-0.3, -0.25) is 4.57 Å². The van der Waals surface area contributed by atoms with Crippen LogP contribution in [0.4, 0.5) is 0 Å². The van der Waals surface area contributed by atoms with E-state index < -0.39 is 17.8 Å². The van der Waals surface area contributed by atoms with Gasteiger partial charge in [0.2, 0.25) is 0 Å². The molecule has 118 valence electrons. The molecular formula is C17H14BrNO4. The van der Waals surface area contributed by atoms with E-state index in [-0.39, 0.29) is 6.61 Å². The number of benzene rings is 2. The number of esters is 1. The molecule has 1 heterocycles. The Kier molecular flexibility index (Phi) is 4.34. The Bertz CT molecular complexity index is 912. The van der Waals surface area contributed by atoms with E-state index in [2.05, 4.69) is 15.9 Å². The van der Waals surface area contributed by atoms with Crippen LogP contribution in [0.5, 0.6) is 0 Å². The third-order valence-corrected chi connectivity index (χ3v) is 4.35. The zero-order valence-corrected chi connectivity index (χ0v) is 13.9. The fraction of sp³-hybridized carbons (Fsp3) is 0.176. The van der Waals surface area contributed by atoms with E-state index in [0.29, 0.717) is 11.1 Å². The van der Waals surface area contributed by atoms with Crippen LogP contribution in [0.2, 0.25) is 0 Å². The third kappa shape index (κ3) is 3.07. The Balaban J connectivity index is 1.81. The van der Waals surface area contributed by atoms with Gasteiger partial charge in [0.25, 0.3) is 0 Å². The van der Waals surface area contributed by atoms with Crippen LogP contribution in [0.1, 0.15) is 18.5 Å². The first kappa shape index (κ1) is 15.6. The minimum absolute atomic E-state index is 0.134. The van der Waals surface area contributed by atoms with Crippen LogP contribution in [0.25, 0.3) is 11.1 Å². The summed E-state index contributed by atoms with van der Waals surface area (Å²) in [4.78, 5) is 24.3. The van der Waals surface area contributed by atoms with Gasteiger partial charge in [-0.1, -0.05) is 46.3 Å². The maximum absolute atomic E-state index is 12.3. The lowest BCUT2D eigenvalue weighted by atomic mass is 10.2. The number of hydrogen-bond acceptors (Lipinski definition) is 4. The van der Waals surface area contributed by atoms with Gasteiger partial charge >= 0.3 is 11.7 Å². The van der Waals surface area contributed by atoms with Crippen LogP contribution in [0.15, 0.2) is 62.2 Å². The number of hydrogen-bond donors (Lipinski definition) is 0. The van der Waals surface area contributed by atoms with Crippen LogP contribution < -0.4 is 5.76 Å². The van der Waals surface area contributed by atoms with E-state index in [1.165, 1.54) is 4.57 Å². The summed E-state index contributed by atoms with van der Waals surface area (Å²) < 4.78 is 12.6. The van der Waals surface area contributed by atoms with Crippen molar-refractivity contribution in [2.24, 2.45) is 0 Å². The summed E-state index contributed by atoms with van der Waals surface area (Å²) in [5, 5.41) is 0. The molecule has 0 aliphatic carbocycles. The number of nitrogens with zero attached hydrogens (tertiary/aromatic N) is 1. The Morgan fingerprint density at radius 1 is 1.22 bits per heavy atom. The SMILES string of the molecule is CC(C(=O)OCc1ccccc1Br)n1c(=O)oc2ccccc21. The van der Waals surface area contributed by atoms with Crippen molar-refractivity contribution in [1.29, 1.82) is 0 Å². The van der Waals surface area contributed by atoms with Gasteiger partial charge in [0.1, 0.15) is 12.6 Å². The lowest BCUT2D eigenvalue weighted by Gasteiger charge is -2.13. The smallest absolute Gasteiger partial charge is 0.420 e.